The summed E-state index contributed by atoms with van der Waals surface area (Å²) in [5, 5.41) is -0.218. The van der Waals surface area contributed by atoms with Crippen molar-refractivity contribution in [1.82, 2.24) is 0 Å². The summed E-state index contributed by atoms with van der Waals surface area (Å²) < 4.78 is 32.5. The maximum Gasteiger partial charge on any atom is 0.277 e. The smallest absolute Gasteiger partial charge is 0.277 e. The van der Waals surface area contributed by atoms with Crippen LogP contribution in [0.2, 0.25) is 0 Å². The number of fused-ring (bicyclic) bond motifs is 2. The highest BCUT2D eigenvalue weighted by Gasteiger charge is 2.66. The molecule has 3 unspecified atom stereocenters. The molecule has 4 aliphatic rings. The van der Waals surface area contributed by atoms with E-state index < -0.39 is 25.8 Å². The first-order valence-electron chi connectivity index (χ1n) is 10.4. The Balaban J connectivity index is 1.60. The minimum Gasteiger partial charge on any atom is -0.299 e. The van der Waals surface area contributed by atoms with Crippen molar-refractivity contribution in [3.05, 3.63) is 0 Å². The molecule has 7 heteroatoms. The van der Waals surface area contributed by atoms with E-state index in [4.69, 9.17) is 3.63 Å². The van der Waals surface area contributed by atoms with Gasteiger partial charge in [-0.1, -0.05) is 20.3 Å². The van der Waals surface area contributed by atoms with Gasteiger partial charge in [0.25, 0.3) is 10.1 Å². The van der Waals surface area contributed by atoms with Crippen molar-refractivity contribution >= 4 is 32.0 Å². The quantitative estimate of drug-likeness (QED) is 0.682. The van der Waals surface area contributed by atoms with Gasteiger partial charge in [0.1, 0.15) is 11.6 Å². The van der Waals surface area contributed by atoms with E-state index in [-0.39, 0.29) is 33.9 Å². The van der Waals surface area contributed by atoms with Crippen LogP contribution in [0, 0.1) is 16.7 Å². The number of Topliss-reactive ketones (excluding diaryl/α,β-unsaturated/α-hetero) is 2. The molecule has 0 amide bonds. The summed E-state index contributed by atoms with van der Waals surface area (Å²) in [4.78, 5) is 25.3. The molecule has 0 radical (unpaired) electrons. The summed E-state index contributed by atoms with van der Waals surface area (Å²) in [6.45, 7) is 4.10. The van der Waals surface area contributed by atoms with Crippen molar-refractivity contribution in [1.29, 1.82) is 0 Å². The first kappa shape index (κ1) is 19.9. The predicted molar refractivity (Wildman–Crippen MR) is 107 cm³/mol. The summed E-state index contributed by atoms with van der Waals surface area (Å²) in [5.74, 6) is 1.82. The van der Waals surface area contributed by atoms with Crippen LogP contribution in [0.4, 0.5) is 0 Å². The van der Waals surface area contributed by atoms with E-state index >= 15 is 0 Å². The van der Waals surface area contributed by atoms with Gasteiger partial charge in [-0.05, 0) is 49.9 Å². The van der Waals surface area contributed by atoms with Gasteiger partial charge in [0, 0.05) is 24.3 Å². The first-order chi connectivity index (χ1) is 12.6. The molecule has 2 bridgehead atoms. The zero-order valence-corrected chi connectivity index (χ0v) is 18.1. The SMILES string of the molecule is CC1(C)C2CCC1(CS(=O)(=O)OS1(C3CCCCC3=O)CCCC1)C(=O)C2. The second kappa shape index (κ2) is 6.56. The summed E-state index contributed by atoms with van der Waals surface area (Å²) >= 11 is 0. The predicted octanol–water partition coefficient (Wildman–Crippen LogP) is 3.75. The van der Waals surface area contributed by atoms with Gasteiger partial charge in [-0.3, -0.25) is 9.59 Å². The van der Waals surface area contributed by atoms with Crippen molar-refractivity contribution in [3.63, 3.8) is 0 Å². The second-order valence-electron chi connectivity index (χ2n) is 9.62. The molecule has 5 nitrogen and oxygen atoms in total. The minimum absolute atomic E-state index is 0.0974. The van der Waals surface area contributed by atoms with Crippen molar-refractivity contribution in [3.8, 4) is 0 Å². The minimum atomic E-state index is -3.86. The highest BCUT2D eigenvalue weighted by molar-refractivity contribution is 8.34. The van der Waals surface area contributed by atoms with Crippen molar-refractivity contribution in [2.45, 2.75) is 76.9 Å². The van der Waals surface area contributed by atoms with Gasteiger partial charge >= 0.3 is 0 Å². The normalized spacial score (nSPS) is 39.0. The van der Waals surface area contributed by atoms with Crippen molar-refractivity contribution in [2.75, 3.05) is 17.3 Å². The zero-order valence-electron chi connectivity index (χ0n) is 16.5. The molecular formula is C20H32O5S2. The molecular weight excluding hydrogens is 384 g/mol. The lowest BCUT2D eigenvalue weighted by Gasteiger charge is -2.43. The Hall–Kier alpha value is -0.400. The number of ketones is 2. The molecule has 1 saturated heterocycles. The lowest BCUT2D eigenvalue weighted by atomic mass is 9.70. The highest BCUT2D eigenvalue weighted by Crippen LogP contribution is 2.66. The molecule has 3 aliphatic carbocycles. The fourth-order valence-corrected chi connectivity index (χ4v) is 13.6. The summed E-state index contributed by atoms with van der Waals surface area (Å²) in [7, 11) is -5.80. The van der Waals surface area contributed by atoms with Crippen LogP contribution in [-0.2, 0) is 23.3 Å². The third-order valence-electron chi connectivity index (χ3n) is 8.05. The maximum absolute atomic E-state index is 13.2. The third kappa shape index (κ3) is 3.03. The van der Waals surface area contributed by atoms with E-state index in [0.717, 1.165) is 50.0 Å². The molecule has 4 rings (SSSR count). The number of rotatable bonds is 5. The van der Waals surface area contributed by atoms with E-state index in [0.29, 0.717) is 19.3 Å². The Labute approximate surface area is 164 Å². The van der Waals surface area contributed by atoms with Gasteiger partial charge in [-0.2, -0.15) is 8.42 Å². The fourth-order valence-electron chi connectivity index (χ4n) is 6.24. The zero-order chi connectivity index (χ0) is 19.5. The van der Waals surface area contributed by atoms with Crippen LogP contribution in [-0.4, -0.2) is 42.5 Å². The molecule has 0 aromatic heterocycles. The van der Waals surface area contributed by atoms with Crippen molar-refractivity contribution in [2.24, 2.45) is 16.7 Å². The van der Waals surface area contributed by atoms with Gasteiger partial charge in [0.15, 0.2) is 0 Å². The second-order valence-corrected chi connectivity index (χ2v) is 14.7. The molecule has 0 aromatic carbocycles. The van der Waals surface area contributed by atoms with Crippen LogP contribution in [0.25, 0.3) is 0 Å². The van der Waals surface area contributed by atoms with Crippen LogP contribution in [0.5, 0.6) is 0 Å². The van der Waals surface area contributed by atoms with Crippen molar-refractivity contribution < 1.29 is 21.6 Å². The number of carbonyl (C=O) groups excluding carboxylic acids is 2. The molecule has 0 N–H and O–H groups in total. The molecule has 154 valence electrons. The summed E-state index contributed by atoms with van der Waals surface area (Å²) in [6.07, 6.45) is 7.15. The molecule has 0 aromatic rings. The Morgan fingerprint density at radius 3 is 2.33 bits per heavy atom. The van der Waals surface area contributed by atoms with Crippen LogP contribution in [0.3, 0.4) is 0 Å². The standard InChI is InChI=1S/C20H32O5S2/c1-19(2)15-9-10-20(19,18(22)13-15)14-27(23,24)25-26(11-5-6-12-26)17-8-4-3-7-16(17)21/h15,17H,3-14H2,1-2H3. The average molecular weight is 417 g/mol. The highest BCUT2D eigenvalue weighted by atomic mass is 32.3. The van der Waals surface area contributed by atoms with Crippen LogP contribution in [0.1, 0.15) is 71.6 Å². The Morgan fingerprint density at radius 2 is 1.78 bits per heavy atom. The molecule has 3 saturated carbocycles. The Bertz CT molecular complexity index is 750. The van der Waals surface area contributed by atoms with E-state index in [1.807, 2.05) is 13.8 Å². The summed E-state index contributed by atoms with van der Waals surface area (Å²) in [6, 6.07) is 0. The molecule has 0 spiro atoms. The fraction of sp³-hybridized carbons (Fsp3) is 0.900. The molecule has 4 fully saturated rings. The molecule has 3 atom stereocenters. The van der Waals surface area contributed by atoms with Gasteiger partial charge in [-0.25, -0.2) is 3.63 Å². The van der Waals surface area contributed by atoms with Crippen LogP contribution >= 0.6 is 10.3 Å². The maximum atomic E-state index is 13.2. The Kier molecular flexibility index (Phi) is 4.83. The van der Waals surface area contributed by atoms with E-state index in [2.05, 4.69) is 0 Å². The number of carbonyl (C=O) groups is 2. The van der Waals surface area contributed by atoms with E-state index in [9.17, 15) is 18.0 Å². The number of hydrogen-bond acceptors (Lipinski definition) is 5. The third-order valence-corrected chi connectivity index (χ3v) is 14.3. The summed E-state index contributed by atoms with van der Waals surface area (Å²) in [5.41, 5.74) is -1.09. The van der Waals surface area contributed by atoms with Gasteiger partial charge in [0.05, 0.1) is 16.4 Å². The lowest BCUT2D eigenvalue weighted by Crippen LogP contribution is -2.43. The van der Waals surface area contributed by atoms with Gasteiger partial charge in [-0.15, -0.1) is 10.3 Å². The van der Waals surface area contributed by atoms with Gasteiger partial charge < -0.3 is 0 Å². The largest absolute Gasteiger partial charge is 0.299 e. The van der Waals surface area contributed by atoms with E-state index in [1.165, 1.54) is 0 Å². The van der Waals surface area contributed by atoms with E-state index in [1.54, 1.807) is 0 Å². The monoisotopic (exact) mass is 416 g/mol. The van der Waals surface area contributed by atoms with Crippen LogP contribution in [0.15, 0.2) is 0 Å². The molecule has 27 heavy (non-hydrogen) atoms. The lowest BCUT2D eigenvalue weighted by molar-refractivity contribution is -0.128. The number of hydrogen-bond donors (Lipinski definition) is 0. The molecule has 1 aliphatic heterocycles. The molecule has 1 heterocycles. The topological polar surface area (TPSA) is 77.5 Å². The van der Waals surface area contributed by atoms with Crippen LogP contribution < -0.4 is 0 Å². The Morgan fingerprint density at radius 1 is 1.07 bits per heavy atom. The average Bonchev–Trinajstić information content (AvgIpc) is 3.18. The first-order valence-corrected chi connectivity index (χ1v) is 13.9. The van der Waals surface area contributed by atoms with Gasteiger partial charge in [0.2, 0.25) is 0 Å².